The number of ether oxygens (including phenoxy) is 1. The van der Waals surface area contributed by atoms with Gasteiger partial charge in [0.25, 0.3) is 0 Å². The number of hydrogen-bond acceptors (Lipinski definition) is 6. The van der Waals surface area contributed by atoms with E-state index >= 15 is 0 Å². The van der Waals surface area contributed by atoms with Gasteiger partial charge in [0.15, 0.2) is 5.13 Å². The standard InChI is InChI=1S/C21H23N3O2S2/c1-26-15-9-10-17-19(12-15)28-21(23-17)24-11-5-6-14(13-24)20(25)22-16-7-3-4-8-18(16)27-2/h3-4,7-10,12,14H,5-6,11,13H2,1-2H3,(H,22,25). The second-order valence-corrected chi connectivity index (χ2v) is 8.66. The van der Waals surface area contributed by atoms with Gasteiger partial charge in [-0.3, -0.25) is 4.79 Å². The molecular weight excluding hydrogens is 390 g/mol. The molecule has 4 rings (SSSR count). The summed E-state index contributed by atoms with van der Waals surface area (Å²) in [5.74, 6) is 0.894. The Morgan fingerprint density at radius 2 is 2.18 bits per heavy atom. The molecule has 1 aliphatic heterocycles. The third-order valence-corrected chi connectivity index (χ3v) is 6.89. The van der Waals surface area contributed by atoms with Gasteiger partial charge in [-0.1, -0.05) is 23.5 Å². The summed E-state index contributed by atoms with van der Waals surface area (Å²) in [7, 11) is 1.67. The first-order valence-corrected chi connectivity index (χ1v) is 11.4. The van der Waals surface area contributed by atoms with Crippen LogP contribution >= 0.6 is 23.1 Å². The van der Waals surface area contributed by atoms with Crippen LogP contribution in [0.15, 0.2) is 47.4 Å². The Hall–Kier alpha value is -2.25. The summed E-state index contributed by atoms with van der Waals surface area (Å²) in [5.41, 5.74) is 1.87. The number of para-hydroxylation sites is 1. The first-order chi connectivity index (χ1) is 13.7. The number of aromatic nitrogens is 1. The average molecular weight is 414 g/mol. The fourth-order valence-electron chi connectivity index (χ4n) is 3.50. The van der Waals surface area contributed by atoms with Crippen molar-refractivity contribution in [2.75, 3.05) is 36.7 Å². The third-order valence-electron chi connectivity index (χ3n) is 5.01. The fraction of sp³-hybridized carbons (Fsp3) is 0.333. The second-order valence-electron chi connectivity index (χ2n) is 6.80. The van der Waals surface area contributed by atoms with Crippen LogP contribution in [0.2, 0.25) is 0 Å². The smallest absolute Gasteiger partial charge is 0.229 e. The number of carbonyl (C=O) groups excluding carboxylic acids is 1. The maximum absolute atomic E-state index is 12.9. The van der Waals surface area contributed by atoms with Gasteiger partial charge in [-0.15, -0.1) is 11.8 Å². The highest BCUT2D eigenvalue weighted by atomic mass is 32.2. The van der Waals surface area contributed by atoms with Crippen molar-refractivity contribution >= 4 is 50.0 Å². The quantitative estimate of drug-likeness (QED) is 0.604. The van der Waals surface area contributed by atoms with E-state index in [-0.39, 0.29) is 11.8 Å². The van der Waals surface area contributed by atoms with Crippen molar-refractivity contribution < 1.29 is 9.53 Å². The Morgan fingerprint density at radius 1 is 1.32 bits per heavy atom. The molecule has 0 aliphatic carbocycles. The number of fused-ring (bicyclic) bond motifs is 1. The van der Waals surface area contributed by atoms with E-state index in [1.54, 1.807) is 30.2 Å². The van der Waals surface area contributed by atoms with Gasteiger partial charge in [0, 0.05) is 18.0 Å². The van der Waals surface area contributed by atoms with Crippen molar-refractivity contribution in [3.8, 4) is 5.75 Å². The Morgan fingerprint density at radius 3 is 3.00 bits per heavy atom. The average Bonchev–Trinajstić information content (AvgIpc) is 3.17. The minimum Gasteiger partial charge on any atom is -0.497 e. The summed E-state index contributed by atoms with van der Waals surface area (Å²) >= 11 is 3.30. The molecule has 1 unspecified atom stereocenters. The number of carbonyl (C=O) groups is 1. The molecule has 1 fully saturated rings. The molecule has 1 aromatic heterocycles. The topological polar surface area (TPSA) is 54.5 Å². The number of benzene rings is 2. The molecule has 2 aromatic carbocycles. The van der Waals surface area contributed by atoms with Crippen molar-refractivity contribution in [1.29, 1.82) is 0 Å². The highest BCUT2D eigenvalue weighted by Crippen LogP contribution is 2.34. The minimum absolute atomic E-state index is 0.0368. The number of anilines is 2. The number of methoxy groups -OCH3 is 1. The molecule has 1 saturated heterocycles. The molecule has 1 atom stereocenters. The number of hydrogen-bond donors (Lipinski definition) is 1. The minimum atomic E-state index is -0.0368. The zero-order chi connectivity index (χ0) is 19.5. The Balaban J connectivity index is 1.49. The molecule has 0 radical (unpaired) electrons. The van der Waals surface area contributed by atoms with E-state index in [1.807, 2.05) is 48.7 Å². The van der Waals surface area contributed by atoms with E-state index < -0.39 is 0 Å². The number of piperidine rings is 1. The lowest BCUT2D eigenvalue weighted by molar-refractivity contribution is -0.120. The van der Waals surface area contributed by atoms with Gasteiger partial charge in [0.2, 0.25) is 5.91 Å². The third kappa shape index (κ3) is 3.95. The number of rotatable bonds is 5. The van der Waals surface area contributed by atoms with Crippen LogP contribution in [0.3, 0.4) is 0 Å². The predicted molar refractivity (Wildman–Crippen MR) is 118 cm³/mol. The number of thioether (sulfide) groups is 1. The Kier molecular flexibility index (Phi) is 5.73. The molecule has 3 aromatic rings. The molecule has 1 amide bonds. The summed E-state index contributed by atoms with van der Waals surface area (Å²) in [6, 6.07) is 13.9. The van der Waals surface area contributed by atoms with Gasteiger partial charge < -0.3 is 15.0 Å². The monoisotopic (exact) mass is 413 g/mol. The summed E-state index contributed by atoms with van der Waals surface area (Å²) in [5, 5.41) is 4.10. The normalized spacial score (nSPS) is 16.9. The maximum atomic E-state index is 12.9. The lowest BCUT2D eigenvalue weighted by atomic mass is 9.97. The molecule has 2 heterocycles. The second kappa shape index (κ2) is 8.41. The summed E-state index contributed by atoms with van der Waals surface area (Å²) in [6.45, 7) is 1.63. The maximum Gasteiger partial charge on any atom is 0.229 e. The molecular formula is C21H23N3O2S2. The van der Waals surface area contributed by atoms with Crippen molar-refractivity contribution in [3.05, 3.63) is 42.5 Å². The number of amides is 1. The lowest BCUT2D eigenvalue weighted by Crippen LogP contribution is -2.40. The van der Waals surface area contributed by atoms with Gasteiger partial charge in [-0.05, 0) is 49.4 Å². The number of nitrogens with zero attached hydrogens (tertiary/aromatic N) is 2. The largest absolute Gasteiger partial charge is 0.497 e. The van der Waals surface area contributed by atoms with Crippen molar-refractivity contribution in [1.82, 2.24) is 4.98 Å². The molecule has 28 heavy (non-hydrogen) atoms. The van der Waals surface area contributed by atoms with Crippen LogP contribution in [0.25, 0.3) is 10.2 Å². The number of thiazole rings is 1. The highest BCUT2D eigenvalue weighted by molar-refractivity contribution is 7.98. The van der Waals surface area contributed by atoms with Crippen LogP contribution in [0, 0.1) is 5.92 Å². The molecule has 5 nitrogen and oxygen atoms in total. The lowest BCUT2D eigenvalue weighted by Gasteiger charge is -2.31. The van der Waals surface area contributed by atoms with Gasteiger partial charge >= 0.3 is 0 Å². The van der Waals surface area contributed by atoms with Crippen LogP contribution in [0.5, 0.6) is 5.75 Å². The molecule has 0 bridgehead atoms. The van der Waals surface area contributed by atoms with Gasteiger partial charge in [0.05, 0.1) is 28.9 Å². The van der Waals surface area contributed by atoms with Crippen molar-refractivity contribution in [2.24, 2.45) is 5.92 Å². The molecule has 0 spiro atoms. The van der Waals surface area contributed by atoms with Gasteiger partial charge in [-0.25, -0.2) is 4.98 Å². The van der Waals surface area contributed by atoms with E-state index in [1.165, 1.54) is 0 Å². The zero-order valence-corrected chi connectivity index (χ0v) is 17.6. The van der Waals surface area contributed by atoms with E-state index in [0.29, 0.717) is 6.54 Å². The van der Waals surface area contributed by atoms with E-state index in [0.717, 1.165) is 51.1 Å². The molecule has 146 valence electrons. The fourth-order valence-corrected chi connectivity index (χ4v) is 5.09. The highest BCUT2D eigenvalue weighted by Gasteiger charge is 2.28. The van der Waals surface area contributed by atoms with E-state index in [4.69, 9.17) is 9.72 Å². The van der Waals surface area contributed by atoms with Crippen LogP contribution in [-0.4, -0.2) is 37.3 Å². The first kappa shape index (κ1) is 19.1. The summed E-state index contributed by atoms with van der Waals surface area (Å²) < 4.78 is 6.42. The van der Waals surface area contributed by atoms with Crippen LogP contribution < -0.4 is 15.0 Å². The SMILES string of the molecule is COc1ccc2nc(N3CCCC(C(=O)Nc4ccccc4SC)C3)sc2c1. The molecule has 0 saturated carbocycles. The molecule has 1 aliphatic rings. The Bertz CT molecular complexity index is 989. The zero-order valence-electron chi connectivity index (χ0n) is 16.0. The summed E-state index contributed by atoms with van der Waals surface area (Å²) in [4.78, 5) is 21.0. The predicted octanol–water partition coefficient (Wildman–Crippen LogP) is 4.88. The molecule has 7 heteroatoms. The first-order valence-electron chi connectivity index (χ1n) is 9.31. The van der Waals surface area contributed by atoms with E-state index in [2.05, 4.69) is 10.2 Å². The van der Waals surface area contributed by atoms with Gasteiger partial charge in [0.1, 0.15) is 5.75 Å². The van der Waals surface area contributed by atoms with Crippen molar-refractivity contribution in [2.45, 2.75) is 17.7 Å². The number of nitrogens with one attached hydrogen (secondary N) is 1. The van der Waals surface area contributed by atoms with Gasteiger partial charge in [-0.2, -0.15) is 0 Å². The van der Waals surface area contributed by atoms with Crippen molar-refractivity contribution in [3.63, 3.8) is 0 Å². The van der Waals surface area contributed by atoms with Crippen LogP contribution in [0.1, 0.15) is 12.8 Å². The molecule has 1 N–H and O–H groups in total. The van der Waals surface area contributed by atoms with Crippen LogP contribution in [0.4, 0.5) is 10.8 Å². The van der Waals surface area contributed by atoms with E-state index in [9.17, 15) is 4.79 Å². The van der Waals surface area contributed by atoms with Crippen LogP contribution in [-0.2, 0) is 4.79 Å². The Labute approximate surface area is 173 Å². The summed E-state index contributed by atoms with van der Waals surface area (Å²) in [6.07, 6.45) is 3.92.